The Labute approximate surface area is 196 Å². The minimum atomic E-state index is -2.30. The van der Waals surface area contributed by atoms with Gasteiger partial charge in [-0.25, -0.2) is 0 Å². The highest BCUT2D eigenvalue weighted by Gasteiger charge is 2.74. The van der Waals surface area contributed by atoms with Crippen molar-refractivity contribution in [1.82, 2.24) is 4.90 Å². The number of carbonyl (C=O) groups excluding carboxylic acids is 5. The number of nitrogens with two attached hydrogens (primary N) is 1. The van der Waals surface area contributed by atoms with Crippen molar-refractivity contribution < 1.29 is 38.6 Å². The van der Waals surface area contributed by atoms with Gasteiger partial charge in [-0.05, 0) is 31.6 Å². The Balaban J connectivity index is 2.03. The van der Waals surface area contributed by atoms with Gasteiger partial charge in [-0.1, -0.05) is 19.1 Å². The number of primary amides is 1. The highest BCUT2D eigenvalue weighted by Crippen LogP contribution is 2.56. The molecular weight excluding hydrogens is 444 g/mol. The lowest BCUT2D eigenvalue weighted by Crippen LogP contribution is -2.78. The fraction of sp³-hybridized carbons (Fsp3) is 0.542. The summed E-state index contributed by atoms with van der Waals surface area (Å²) in [7, 11) is 5.69. The zero-order valence-electron chi connectivity index (χ0n) is 19.6. The largest absolute Gasteiger partial charge is 0.507 e. The second-order valence-corrected chi connectivity index (χ2v) is 9.49. The van der Waals surface area contributed by atoms with Crippen LogP contribution in [0.2, 0.25) is 0 Å². The number of methoxy groups -OCH3 is 2. The van der Waals surface area contributed by atoms with Crippen LogP contribution in [0.4, 0.5) is 0 Å². The molecule has 1 aromatic rings. The Morgan fingerprint density at radius 3 is 2.29 bits per heavy atom. The molecule has 0 saturated heterocycles. The molecular formula is C24H28N2O8. The summed E-state index contributed by atoms with van der Waals surface area (Å²) in [6, 6.07) is 3.55. The lowest BCUT2D eigenvalue weighted by Gasteiger charge is -2.58. The Hall–Kier alpha value is -2.95. The van der Waals surface area contributed by atoms with Gasteiger partial charge in [0.25, 0.3) is 0 Å². The molecule has 4 rings (SSSR count). The van der Waals surface area contributed by atoms with Crippen molar-refractivity contribution in [2.75, 3.05) is 28.3 Å². The standard InChI is InChI=1S/C24H28N2O8/c1-9-10-7-6-8-11(27)13(10)18(28)14-12(9)20(33-4)16-17(26(2)3)19(29)15(23(25)32)22(31)24(16,34-5)21(14)30/h6-9,12,14-17,20,27H,1-5H3,(H2,25,32)/t9-,12+,14?,15?,16-,17-,20+,24-/m0/s1. The first kappa shape index (κ1) is 24.2. The molecule has 2 unspecified atom stereocenters. The van der Waals surface area contributed by atoms with Gasteiger partial charge in [-0.3, -0.25) is 28.9 Å². The number of ketones is 4. The molecule has 0 heterocycles. The van der Waals surface area contributed by atoms with E-state index >= 15 is 0 Å². The number of nitrogens with zero attached hydrogens (tertiary/aromatic N) is 1. The molecule has 0 aromatic heterocycles. The molecule has 0 radical (unpaired) electrons. The molecule has 3 N–H and O–H groups in total. The van der Waals surface area contributed by atoms with Crippen LogP contribution in [-0.4, -0.2) is 85.1 Å². The molecule has 10 nitrogen and oxygen atoms in total. The number of phenolic OH excluding ortho intramolecular Hbond substituents is 1. The van der Waals surface area contributed by atoms with Crippen molar-refractivity contribution in [2.45, 2.75) is 30.6 Å². The number of phenols is 1. The van der Waals surface area contributed by atoms with Gasteiger partial charge in [-0.15, -0.1) is 0 Å². The molecule has 8 atom stereocenters. The lowest BCUT2D eigenvalue weighted by molar-refractivity contribution is -0.205. The fourth-order valence-electron chi connectivity index (χ4n) is 6.53. The van der Waals surface area contributed by atoms with Crippen LogP contribution in [-0.2, 0) is 28.7 Å². The molecule has 10 heteroatoms. The molecule has 3 aliphatic rings. The normalized spacial score (nSPS) is 37.3. The van der Waals surface area contributed by atoms with E-state index in [2.05, 4.69) is 0 Å². The van der Waals surface area contributed by atoms with Gasteiger partial charge >= 0.3 is 0 Å². The van der Waals surface area contributed by atoms with E-state index < -0.39 is 76.4 Å². The fourth-order valence-corrected chi connectivity index (χ4v) is 6.53. The van der Waals surface area contributed by atoms with E-state index in [0.29, 0.717) is 5.56 Å². The van der Waals surface area contributed by atoms with Crippen molar-refractivity contribution in [2.24, 2.45) is 29.4 Å². The van der Waals surface area contributed by atoms with Crippen LogP contribution in [0.3, 0.4) is 0 Å². The molecule has 2 saturated carbocycles. The molecule has 3 aliphatic carbocycles. The number of Topliss-reactive ketones (excluding diaryl/α,β-unsaturated/α-hetero) is 4. The number of fused-ring (bicyclic) bond motifs is 3. The van der Waals surface area contributed by atoms with Gasteiger partial charge in [0, 0.05) is 20.1 Å². The molecule has 2 fully saturated rings. The maximum Gasteiger partial charge on any atom is 0.235 e. The van der Waals surface area contributed by atoms with Crippen LogP contribution in [0.5, 0.6) is 5.75 Å². The Kier molecular flexibility index (Phi) is 5.74. The van der Waals surface area contributed by atoms with Crippen LogP contribution >= 0.6 is 0 Å². The summed E-state index contributed by atoms with van der Waals surface area (Å²) >= 11 is 0. The van der Waals surface area contributed by atoms with Gasteiger partial charge in [0.1, 0.15) is 5.75 Å². The first-order valence-electron chi connectivity index (χ1n) is 11.0. The average molecular weight is 472 g/mol. The SMILES string of the molecule is CO[C@@H]1[C@H]2C(C(=O)c3c(O)cccc3[C@@H]2C)C(=O)[C@]2(OC)C(=O)C(C(N)=O)C(=O)[C@@H](N(C)C)[C@@H]12. The molecule has 1 aromatic carbocycles. The van der Waals surface area contributed by atoms with Crippen LogP contribution in [0.25, 0.3) is 0 Å². The van der Waals surface area contributed by atoms with E-state index in [9.17, 15) is 29.1 Å². The third kappa shape index (κ3) is 2.82. The monoisotopic (exact) mass is 472 g/mol. The smallest absolute Gasteiger partial charge is 0.235 e. The second kappa shape index (κ2) is 8.07. The van der Waals surface area contributed by atoms with E-state index in [0.717, 1.165) is 7.11 Å². The predicted molar refractivity (Wildman–Crippen MR) is 117 cm³/mol. The second-order valence-electron chi connectivity index (χ2n) is 9.49. The summed E-state index contributed by atoms with van der Waals surface area (Å²) < 4.78 is 11.5. The highest BCUT2D eigenvalue weighted by atomic mass is 16.5. The topological polar surface area (TPSA) is 153 Å². The number of likely N-dealkylation sites (N-methyl/N-ethyl adjacent to an activating group) is 1. The first-order chi connectivity index (χ1) is 16.0. The number of ether oxygens (including phenoxy) is 2. The van der Waals surface area contributed by atoms with Gasteiger partial charge in [0.15, 0.2) is 34.7 Å². The summed E-state index contributed by atoms with van der Waals surface area (Å²) in [4.78, 5) is 68.6. The summed E-state index contributed by atoms with van der Waals surface area (Å²) in [5, 5.41) is 10.4. The van der Waals surface area contributed by atoms with Crippen LogP contribution in [0.15, 0.2) is 18.2 Å². The number of benzene rings is 1. The van der Waals surface area contributed by atoms with E-state index in [4.69, 9.17) is 15.2 Å². The number of carbonyl (C=O) groups is 5. The zero-order chi connectivity index (χ0) is 25.3. The van der Waals surface area contributed by atoms with Crippen molar-refractivity contribution in [1.29, 1.82) is 0 Å². The zero-order valence-corrected chi connectivity index (χ0v) is 19.6. The molecule has 182 valence electrons. The summed E-state index contributed by atoms with van der Waals surface area (Å²) in [6.07, 6.45) is -0.939. The van der Waals surface area contributed by atoms with Crippen molar-refractivity contribution >= 4 is 29.0 Å². The Morgan fingerprint density at radius 2 is 1.76 bits per heavy atom. The number of hydrogen-bond donors (Lipinski definition) is 2. The minimum absolute atomic E-state index is 0.0131. The number of aromatic hydroxyl groups is 1. The van der Waals surface area contributed by atoms with Crippen molar-refractivity contribution in [3.63, 3.8) is 0 Å². The number of hydrogen-bond acceptors (Lipinski definition) is 9. The Morgan fingerprint density at radius 1 is 1.12 bits per heavy atom. The third-order valence-electron chi connectivity index (χ3n) is 7.89. The van der Waals surface area contributed by atoms with E-state index in [1.54, 1.807) is 26.2 Å². The molecule has 0 spiro atoms. The summed E-state index contributed by atoms with van der Waals surface area (Å²) in [5.41, 5.74) is 3.69. The van der Waals surface area contributed by atoms with Crippen LogP contribution in [0, 0.1) is 23.7 Å². The van der Waals surface area contributed by atoms with Gasteiger partial charge in [-0.2, -0.15) is 0 Å². The number of amides is 1. The number of rotatable bonds is 4. The highest BCUT2D eigenvalue weighted by molar-refractivity contribution is 6.32. The maximum atomic E-state index is 14.2. The van der Waals surface area contributed by atoms with Crippen LogP contribution in [0.1, 0.15) is 28.8 Å². The van der Waals surface area contributed by atoms with Gasteiger partial charge in [0.05, 0.1) is 29.5 Å². The van der Waals surface area contributed by atoms with Crippen molar-refractivity contribution in [3.8, 4) is 5.75 Å². The maximum absolute atomic E-state index is 14.2. The summed E-state index contributed by atoms with van der Waals surface area (Å²) in [6.45, 7) is 1.81. The van der Waals surface area contributed by atoms with Crippen LogP contribution < -0.4 is 5.73 Å². The molecule has 1 amide bonds. The molecule has 0 aliphatic heterocycles. The third-order valence-corrected chi connectivity index (χ3v) is 7.89. The minimum Gasteiger partial charge on any atom is -0.507 e. The average Bonchev–Trinajstić information content (AvgIpc) is 2.76. The molecule has 34 heavy (non-hydrogen) atoms. The Bertz CT molecular complexity index is 1110. The van der Waals surface area contributed by atoms with Gasteiger partial charge < -0.3 is 20.3 Å². The van der Waals surface area contributed by atoms with E-state index in [1.807, 2.05) is 6.92 Å². The predicted octanol–water partition coefficient (Wildman–Crippen LogP) is -0.293. The van der Waals surface area contributed by atoms with E-state index in [1.165, 1.54) is 18.1 Å². The first-order valence-corrected chi connectivity index (χ1v) is 11.0. The molecule has 0 bridgehead atoms. The van der Waals surface area contributed by atoms with E-state index in [-0.39, 0.29) is 11.3 Å². The van der Waals surface area contributed by atoms with Crippen molar-refractivity contribution in [3.05, 3.63) is 29.3 Å². The van der Waals surface area contributed by atoms with Gasteiger partial charge in [0.2, 0.25) is 5.91 Å². The lowest BCUT2D eigenvalue weighted by atomic mass is 9.49. The quantitative estimate of drug-likeness (QED) is 0.563. The summed E-state index contributed by atoms with van der Waals surface area (Å²) in [5.74, 6) is -10.4.